The van der Waals surface area contributed by atoms with Gasteiger partial charge in [-0.3, -0.25) is 13.9 Å². The number of aliphatic hydroxyl groups is 1. The van der Waals surface area contributed by atoms with E-state index in [-0.39, 0.29) is 17.4 Å². The molecule has 31 heavy (non-hydrogen) atoms. The van der Waals surface area contributed by atoms with Crippen LogP contribution < -0.4 is 21.3 Å². The summed E-state index contributed by atoms with van der Waals surface area (Å²) in [7, 11) is 5.04. The molecule has 168 valence electrons. The largest absolute Gasteiger partial charge is 0.496 e. The van der Waals surface area contributed by atoms with E-state index in [9.17, 15) is 14.7 Å². The van der Waals surface area contributed by atoms with Gasteiger partial charge in [0, 0.05) is 27.2 Å². The third-order valence-corrected chi connectivity index (χ3v) is 5.48. The van der Waals surface area contributed by atoms with Crippen LogP contribution in [0.4, 0.5) is 5.95 Å². The van der Waals surface area contributed by atoms with E-state index in [0.717, 1.165) is 24.2 Å². The van der Waals surface area contributed by atoms with Crippen molar-refractivity contribution < 1.29 is 9.84 Å². The molecule has 0 saturated carbocycles. The number of ether oxygens (including phenoxy) is 1. The zero-order valence-electron chi connectivity index (χ0n) is 18.6. The van der Waals surface area contributed by atoms with Crippen molar-refractivity contribution in [1.29, 1.82) is 0 Å². The summed E-state index contributed by atoms with van der Waals surface area (Å²) in [4.78, 5) is 30.3. The molecule has 0 aliphatic rings. The van der Waals surface area contributed by atoms with Crippen LogP contribution in [0.5, 0.6) is 5.75 Å². The molecular formula is C22H31N5O4. The first-order chi connectivity index (χ1) is 14.8. The molecule has 1 unspecified atom stereocenters. The smallest absolute Gasteiger partial charge is 0.332 e. The molecule has 2 aromatic heterocycles. The number of nitrogens with zero attached hydrogens (tertiary/aromatic N) is 4. The highest BCUT2D eigenvalue weighted by Gasteiger charge is 2.18. The Morgan fingerprint density at radius 3 is 2.61 bits per heavy atom. The average molecular weight is 430 g/mol. The lowest BCUT2D eigenvalue weighted by atomic mass is 10.1. The number of nitrogens with one attached hydrogen (secondary N) is 1. The molecule has 1 atom stereocenters. The van der Waals surface area contributed by atoms with Gasteiger partial charge in [-0.15, -0.1) is 0 Å². The average Bonchev–Trinajstić information content (AvgIpc) is 3.08. The third kappa shape index (κ3) is 4.82. The first-order valence-corrected chi connectivity index (χ1v) is 10.5. The van der Waals surface area contributed by atoms with Gasteiger partial charge in [-0.2, -0.15) is 4.98 Å². The molecule has 0 aliphatic heterocycles. The van der Waals surface area contributed by atoms with Crippen LogP contribution in [-0.2, 0) is 27.1 Å². The minimum absolute atomic E-state index is 0.315. The van der Waals surface area contributed by atoms with Gasteiger partial charge < -0.3 is 19.7 Å². The third-order valence-electron chi connectivity index (χ3n) is 5.48. The Kier molecular flexibility index (Phi) is 7.17. The first kappa shape index (κ1) is 22.6. The summed E-state index contributed by atoms with van der Waals surface area (Å²) >= 11 is 0. The van der Waals surface area contributed by atoms with Gasteiger partial charge in [0.15, 0.2) is 11.2 Å². The Labute approximate surface area is 180 Å². The molecule has 1 aromatic carbocycles. The van der Waals surface area contributed by atoms with Gasteiger partial charge in [0.2, 0.25) is 5.95 Å². The van der Waals surface area contributed by atoms with Crippen LogP contribution in [0.15, 0.2) is 33.9 Å². The first-order valence-electron chi connectivity index (χ1n) is 10.5. The van der Waals surface area contributed by atoms with Gasteiger partial charge in [0.25, 0.3) is 5.56 Å². The number of methoxy groups -OCH3 is 1. The number of aliphatic hydroxyl groups excluding tert-OH is 1. The molecule has 2 heterocycles. The lowest BCUT2D eigenvalue weighted by Crippen LogP contribution is -2.39. The van der Waals surface area contributed by atoms with Crippen LogP contribution in [-0.4, -0.2) is 43.6 Å². The molecule has 2 N–H and O–H groups in total. The summed E-state index contributed by atoms with van der Waals surface area (Å²) < 4.78 is 9.75. The molecule has 0 spiro atoms. The van der Waals surface area contributed by atoms with E-state index in [1.54, 1.807) is 32.7 Å². The van der Waals surface area contributed by atoms with E-state index >= 15 is 0 Å². The number of fused-ring (bicyclic) bond motifs is 1. The molecular weight excluding hydrogens is 398 g/mol. The zero-order chi connectivity index (χ0) is 22.5. The van der Waals surface area contributed by atoms with Crippen molar-refractivity contribution in [3.05, 3.63) is 50.7 Å². The van der Waals surface area contributed by atoms with Crippen molar-refractivity contribution in [2.24, 2.45) is 14.1 Å². The second kappa shape index (κ2) is 9.82. The lowest BCUT2D eigenvalue weighted by molar-refractivity contribution is 0.180. The molecule has 0 fully saturated rings. The number of hydrogen-bond donors (Lipinski definition) is 2. The molecule has 0 amide bonds. The fourth-order valence-corrected chi connectivity index (χ4v) is 3.73. The maximum absolute atomic E-state index is 13.0. The number of para-hydroxylation sites is 1. The summed E-state index contributed by atoms with van der Waals surface area (Å²) in [6.45, 7) is 2.64. The molecule has 9 nitrogen and oxygen atoms in total. The Morgan fingerprint density at radius 1 is 1.16 bits per heavy atom. The van der Waals surface area contributed by atoms with Crippen LogP contribution >= 0.6 is 0 Å². The predicted molar refractivity (Wildman–Crippen MR) is 121 cm³/mol. The van der Waals surface area contributed by atoms with Gasteiger partial charge in [-0.25, -0.2) is 4.79 Å². The zero-order valence-corrected chi connectivity index (χ0v) is 18.6. The van der Waals surface area contributed by atoms with Crippen LogP contribution in [0.25, 0.3) is 11.2 Å². The molecule has 0 bridgehead atoms. The standard InChI is InChI=1S/C22H31N5O4/c1-15(28)9-7-8-14-27-20(29)18-19(26(3)22(27)30)24-21(25(18)2)23-13-12-16-10-5-6-11-17(16)31-4/h5-6,10-11,15,28H,7-9,12-14H2,1-4H3,(H,23,24). The molecule has 3 rings (SSSR count). The maximum atomic E-state index is 13.0. The highest BCUT2D eigenvalue weighted by molar-refractivity contribution is 5.74. The fourth-order valence-electron chi connectivity index (χ4n) is 3.73. The van der Waals surface area contributed by atoms with E-state index in [1.807, 2.05) is 24.3 Å². The molecule has 3 aromatic rings. The maximum Gasteiger partial charge on any atom is 0.332 e. The summed E-state index contributed by atoms with van der Waals surface area (Å²) in [5.74, 6) is 1.36. The summed E-state index contributed by atoms with van der Waals surface area (Å²) in [5, 5.41) is 12.7. The Morgan fingerprint density at radius 2 is 1.90 bits per heavy atom. The summed E-state index contributed by atoms with van der Waals surface area (Å²) in [6.07, 6.45) is 2.37. The summed E-state index contributed by atoms with van der Waals surface area (Å²) in [5.41, 5.74) is 1.09. The Bertz CT molecular complexity index is 1160. The quantitative estimate of drug-likeness (QED) is 0.475. The van der Waals surface area contributed by atoms with Gasteiger partial charge >= 0.3 is 5.69 Å². The Balaban J connectivity index is 1.82. The highest BCUT2D eigenvalue weighted by atomic mass is 16.5. The normalized spacial score (nSPS) is 12.3. The van der Waals surface area contributed by atoms with Crippen molar-refractivity contribution in [1.82, 2.24) is 18.7 Å². The second-order valence-corrected chi connectivity index (χ2v) is 7.80. The molecule has 0 saturated heterocycles. The van der Waals surface area contributed by atoms with E-state index in [1.165, 1.54) is 9.13 Å². The van der Waals surface area contributed by atoms with Gasteiger partial charge in [0.05, 0.1) is 13.2 Å². The van der Waals surface area contributed by atoms with Gasteiger partial charge in [-0.1, -0.05) is 18.2 Å². The van der Waals surface area contributed by atoms with Crippen LogP contribution in [0, 0.1) is 0 Å². The van der Waals surface area contributed by atoms with E-state index in [0.29, 0.717) is 43.0 Å². The predicted octanol–water partition coefficient (Wildman–Crippen LogP) is 1.65. The number of benzene rings is 1. The number of hydrogen-bond acceptors (Lipinski definition) is 6. The van der Waals surface area contributed by atoms with E-state index in [2.05, 4.69) is 10.3 Å². The number of unbranched alkanes of at least 4 members (excludes halogenated alkanes) is 1. The van der Waals surface area contributed by atoms with Gasteiger partial charge in [0.1, 0.15) is 5.75 Å². The summed E-state index contributed by atoms with van der Waals surface area (Å²) in [6, 6.07) is 7.82. The molecule has 0 radical (unpaired) electrons. The van der Waals surface area contributed by atoms with E-state index in [4.69, 9.17) is 4.74 Å². The number of anilines is 1. The lowest BCUT2D eigenvalue weighted by Gasteiger charge is -2.10. The van der Waals surface area contributed by atoms with Crippen molar-refractivity contribution in [3.63, 3.8) is 0 Å². The monoisotopic (exact) mass is 429 g/mol. The fraction of sp³-hybridized carbons (Fsp3) is 0.500. The van der Waals surface area contributed by atoms with Crippen molar-refractivity contribution >= 4 is 17.1 Å². The van der Waals surface area contributed by atoms with Crippen molar-refractivity contribution in [2.45, 2.75) is 45.3 Å². The highest BCUT2D eigenvalue weighted by Crippen LogP contribution is 2.18. The van der Waals surface area contributed by atoms with Crippen LogP contribution in [0.3, 0.4) is 0 Å². The minimum Gasteiger partial charge on any atom is -0.496 e. The van der Waals surface area contributed by atoms with Gasteiger partial charge in [-0.05, 0) is 44.2 Å². The number of aromatic nitrogens is 4. The molecule has 0 aliphatic carbocycles. The number of imidazole rings is 1. The minimum atomic E-state index is -0.386. The van der Waals surface area contributed by atoms with Crippen LogP contribution in [0.2, 0.25) is 0 Å². The molecule has 9 heteroatoms. The topological polar surface area (TPSA) is 103 Å². The SMILES string of the molecule is COc1ccccc1CCNc1nc2c(c(=O)n(CCCCC(C)O)c(=O)n2C)n1C. The van der Waals surface area contributed by atoms with Crippen molar-refractivity contribution in [3.8, 4) is 5.75 Å². The number of rotatable bonds is 10. The van der Waals surface area contributed by atoms with Crippen LogP contribution in [0.1, 0.15) is 31.7 Å². The number of aryl methyl sites for hydroxylation is 2. The van der Waals surface area contributed by atoms with E-state index < -0.39 is 0 Å². The Hall–Kier alpha value is -3.07. The second-order valence-electron chi connectivity index (χ2n) is 7.80. The van der Waals surface area contributed by atoms with Crippen molar-refractivity contribution in [2.75, 3.05) is 19.0 Å².